The molecule has 0 spiro atoms. The Kier molecular flexibility index (Phi) is 3.16. The minimum absolute atomic E-state index is 0.228. The minimum Gasteiger partial charge on any atom is -0.508 e. The number of phenolic OH excluding ortho intramolecular Hbond substituents is 1. The smallest absolute Gasteiger partial charge is 0.123 e. The predicted octanol–water partition coefficient (Wildman–Crippen LogP) is 2.84. The zero-order valence-electron chi connectivity index (χ0n) is 10.6. The minimum atomic E-state index is -0.282. The third-order valence-electron chi connectivity index (χ3n) is 3.00. The summed E-state index contributed by atoms with van der Waals surface area (Å²) in [5.41, 5.74) is 2.23. The van der Waals surface area contributed by atoms with Gasteiger partial charge in [0.25, 0.3) is 0 Å². The molecule has 3 aromatic rings. The molecule has 0 saturated heterocycles. The van der Waals surface area contributed by atoms with Gasteiger partial charge in [-0.2, -0.15) is 0 Å². The lowest BCUT2D eigenvalue weighted by molar-refractivity contribution is 0.463. The number of nitrogens with zero attached hydrogens (tertiary/aromatic N) is 3. The molecule has 5 heteroatoms. The maximum atomic E-state index is 12.9. The van der Waals surface area contributed by atoms with Gasteiger partial charge in [-0.1, -0.05) is 23.4 Å². The molecule has 0 atom stereocenters. The average Bonchev–Trinajstić information content (AvgIpc) is 2.91. The molecular formula is C15H12FN3O. The standard InChI is InChI=1S/C15H12FN3O/c16-13-7-5-11(6-8-13)14-10-19(18-17-14)9-12-3-1-2-4-15(12)20/h1-8,10,20H,9H2. The summed E-state index contributed by atoms with van der Waals surface area (Å²) in [6, 6.07) is 13.2. The second kappa shape index (κ2) is 5.13. The molecule has 1 aromatic heterocycles. The van der Waals surface area contributed by atoms with Crippen LogP contribution in [0.5, 0.6) is 5.75 Å². The van der Waals surface area contributed by atoms with Gasteiger partial charge >= 0.3 is 0 Å². The topological polar surface area (TPSA) is 50.9 Å². The van der Waals surface area contributed by atoms with Gasteiger partial charge in [0.05, 0.1) is 12.7 Å². The van der Waals surface area contributed by atoms with Crippen LogP contribution in [0.25, 0.3) is 11.3 Å². The Morgan fingerprint density at radius 3 is 2.55 bits per heavy atom. The van der Waals surface area contributed by atoms with E-state index in [1.165, 1.54) is 12.1 Å². The molecule has 0 aliphatic carbocycles. The number of hydrogen-bond acceptors (Lipinski definition) is 3. The number of aromatic nitrogens is 3. The van der Waals surface area contributed by atoms with Gasteiger partial charge in [0.1, 0.15) is 17.3 Å². The lowest BCUT2D eigenvalue weighted by Gasteiger charge is -2.02. The van der Waals surface area contributed by atoms with Crippen LogP contribution in [0, 0.1) is 5.82 Å². The van der Waals surface area contributed by atoms with E-state index in [1.807, 2.05) is 12.1 Å². The Balaban J connectivity index is 1.84. The molecule has 1 N–H and O–H groups in total. The summed E-state index contributed by atoms with van der Waals surface area (Å²) in [6.07, 6.45) is 1.76. The van der Waals surface area contributed by atoms with Crippen LogP contribution in [0.15, 0.2) is 54.7 Å². The van der Waals surface area contributed by atoms with E-state index in [2.05, 4.69) is 10.3 Å². The van der Waals surface area contributed by atoms with E-state index in [-0.39, 0.29) is 11.6 Å². The van der Waals surface area contributed by atoms with E-state index in [4.69, 9.17) is 0 Å². The maximum absolute atomic E-state index is 12.9. The molecule has 100 valence electrons. The van der Waals surface area contributed by atoms with Gasteiger partial charge in [-0.25, -0.2) is 9.07 Å². The Morgan fingerprint density at radius 2 is 1.80 bits per heavy atom. The molecule has 4 nitrogen and oxygen atoms in total. The third kappa shape index (κ3) is 2.51. The highest BCUT2D eigenvalue weighted by Crippen LogP contribution is 2.19. The van der Waals surface area contributed by atoms with Gasteiger partial charge in [-0.15, -0.1) is 5.10 Å². The first-order valence-electron chi connectivity index (χ1n) is 6.15. The number of phenols is 1. The maximum Gasteiger partial charge on any atom is 0.123 e. The highest BCUT2D eigenvalue weighted by atomic mass is 19.1. The first kappa shape index (κ1) is 12.3. The van der Waals surface area contributed by atoms with E-state index in [0.717, 1.165) is 11.1 Å². The zero-order valence-corrected chi connectivity index (χ0v) is 10.6. The molecule has 1 heterocycles. The molecule has 0 unspecified atom stereocenters. The van der Waals surface area contributed by atoms with Crippen LogP contribution in [0.2, 0.25) is 0 Å². The first-order chi connectivity index (χ1) is 9.72. The zero-order chi connectivity index (χ0) is 13.9. The van der Waals surface area contributed by atoms with E-state index < -0.39 is 0 Å². The Morgan fingerprint density at radius 1 is 1.05 bits per heavy atom. The second-order valence-corrected chi connectivity index (χ2v) is 4.44. The summed E-state index contributed by atoms with van der Waals surface area (Å²) in [6.45, 7) is 0.431. The molecule has 2 aromatic carbocycles. The Hall–Kier alpha value is -2.69. The Bertz CT molecular complexity index is 722. The van der Waals surface area contributed by atoms with Crippen molar-refractivity contribution in [2.45, 2.75) is 6.54 Å². The lowest BCUT2D eigenvalue weighted by Crippen LogP contribution is -2.00. The highest BCUT2D eigenvalue weighted by Gasteiger charge is 2.06. The number of halogens is 1. The van der Waals surface area contributed by atoms with Gasteiger partial charge in [-0.3, -0.25) is 0 Å². The number of para-hydroxylation sites is 1. The SMILES string of the molecule is Oc1ccccc1Cn1cc(-c2ccc(F)cc2)nn1. The van der Waals surface area contributed by atoms with Crippen LogP contribution in [-0.2, 0) is 6.54 Å². The number of rotatable bonds is 3. The van der Waals surface area contributed by atoms with Gasteiger partial charge in [0, 0.05) is 11.1 Å². The predicted molar refractivity (Wildman–Crippen MR) is 72.6 cm³/mol. The van der Waals surface area contributed by atoms with Crippen LogP contribution < -0.4 is 0 Å². The van der Waals surface area contributed by atoms with E-state index in [0.29, 0.717) is 12.2 Å². The molecule has 20 heavy (non-hydrogen) atoms. The fourth-order valence-electron chi connectivity index (χ4n) is 1.95. The molecule has 0 bridgehead atoms. The second-order valence-electron chi connectivity index (χ2n) is 4.44. The van der Waals surface area contributed by atoms with Crippen molar-refractivity contribution in [3.05, 3.63) is 66.1 Å². The van der Waals surface area contributed by atoms with Crippen molar-refractivity contribution in [1.82, 2.24) is 15.0 Å². The van der Waals surface area contributed by atoms with Gasteiger partial charge in [-0.05, 0) is 30.3 Å². The van der Waals surface area contributed by atoms with Crippen molar-refractivity contribution < 1.29 is 9.50 Å². The number of benzene rings is 2. The number of hydrogen-bond donors (Lipinski definition) is 1. The van der Waals surface area contributed by atoms with Gasteiger partial charge in [0.2, 0.25) is 0 Å². The summed E-state index contributed by atoms with van der Waals surface area (Å²) < 4.78 is 14.5. The van der Waals surface area contributed by atoms with Gasteiger partial charge in [0.15, 0.2) is 0 Å². The lowest BCUT2D eigenvalue weighted by atomic mass is 10.2. The van der Waals surface area contributed by atoms with Crippen LogP contribution in [0.1, 0.15) is 5.56 Å². The van der Waals surface area contributed by atoms with E-state index in [1.54, 1.807) is 35.1 Å². The van der Waals surface area contributed by atoms with Crippen molar-refractivity contribution in [2.24, 2.45) is 0 Å². The monoisotopic (exact) mass is 269 g/mol. The summed E-state index contributed by atoms with van der Waals surface area (Å²) in [5, 5.41) is 17.8. The fourth-order valence-corrected chi connectivity index (χ4v) is 1.95. The summed E-state index contributed by atoms with van der Waals surface area (Å²) in [7, 11) is 0. The van der Waals surface area contributed by atoms with Gasteiger partial charge < -0.3 is 5.11 Å². The number of aromatic hydroxyl groups is 1. The average molecular weight is 269 g/mol. The highest BCUT2D eigenvalue weighted by molar-refractivity contribution is 5.57. The molecule has 0 radical (unpaired) electrons. The van der Waals surface area contributed by atoms with Crippen molar-refractivity contribution in [3.63, 3.8) is 0 Å². The summed E-state index contributed by atoms with van der Waals surface area (Å²) >= 11 is 0. The van der Waals surface area contributed by atoms with Crippen molar-refractivity contribution in [2.75, 3.05) is 0 Å². The fraction of sp³-hybridized carbons (Fsp3) is 0.0667. The van der Waals surface area contributed by atoms with Crippen LogP contribution >= 0.6 is 0 Å². The van der Waals surface area contributed by atoms with Crippen molar-refractivity contribution >= 4 is 0 Å². The summed E-state index contributed by atoms with van der Waals surface area (Å²) in [5.74, 6) is -0.0540. The normalized spacial score (nSPS) is 10.7. The largest absolute Gasteiger partial charge is 0.508 e. The quantitative estimate of drug-likeness (QED) is 0.795. The van der Waals surface area contributed by atoms with E-state index in [9.17, 15) is 9.50 Å². The van der Waals surface area contributed by atoms with Crippen LogP contribution in [0.4, 0.5) is 4.39 Å². The molecule has 3 rings (SSSR count). The molecule has 0 amide bonds. The third-order valence-corrected chi connectivity index (χ3v) is 3.00. The molecular weight excluding hydrogens is 257 g/mol. The molecule has 0 fully saturated rings. The van der Waals surface area contributed by atoms with Crippen molar-refractivity contribution in [1.29, 1.82) is 0 Å². The molecule has 0 aliphatic rings. The Labute approximate surface area is 115 Å². The van der Waals surface area contributed by atoms with Crippen molar-refractivity contribution in [3.8, 4) is 17.0 Å². The molecule has 0 saturated carbocycles. The van der Waals surface area contributed by atoms with Crippen LogP contribution in [-0.4, -0.2) is 20.1 Å². The molecule has 0 aliphatic heterocycles. The first-order valence-corrected chi connectivity index (χ1v) is 6.15. The van der Waals surface area contributed by atoms with E-state index >= 15 is 0 Å². The van der Waals surface area contributed by atoms with Crippen LogP contribution in [0.3, 0.4) is 0 Å². The summed E-state index contributed by atoms with van der Waals surface area (Å²) in [4.78, 5) is 0.